The van der Waals surface area contributed by atoms with E-state index in [4.69, 9.17) is 9.57 Å². The molecular formula is C17H21N3O6. The van der Waals surface area contributed by atoms with Crippen molar-refractivity contribution in [3.8, 4) is 0 Å². The summed E-state index contributed by atoms with van der Waals surface area (Å²) >= 11 is 0. The molecule has 0 spiro atoms. The second-order valence-corrected chi connectivity index (χ2v) is 6.26. The van der Waals surface area contributed by atoms with Crippen LogP contribution in [0.4, 0.5) is 5.82 Å². The third-order valence-corrected chi connectivity index (χ3v) is 4.28. The van der Waals surface area contributed by atoms with Crippen molar-refractivity contribution in [3.05, 3.63) is 58.6 Å². The number of ether oxygens (including phenoxy) is 1. The molecular weight excluding hydrogens is 342 g/mol. The van der Waals surface area contributed by atoms with Crippen molar-refractivity contribution in [3.63, 3.8) is 0 Å². The number of benzene rings is 1. The van der Waals surface area contributed by atoms with Crippen molar-refractivity contribution in [1.82, 2.24) is 9.55 Å². The van der Waals surface area contributed by atoms with Gasteiger partial charge in [0, 0.05) is 6.20 Å². The lowest BCUT2D eigenvalue weighted by atomic mass is 9.96. The highest BCUT2D eigenvalue weighted by molar-refractivity contribution is 5.29. The summed E-state index contributed by atoms with van der Waals surface area (Å²) in [6.07, 6.45) is -2.13. The molecule has 0 radical (unpaired) electrons. The fraction of sp³-hybridized carbons (Fsp3) is 0.412. The monoisotopic (exact) mass is 363 g/mol. The van der Waals surface area contributed by atoms with Gasteiger partial charge in [-0.05, 0) is 18.6 Å². The Morgan fingerprint density at radius 1 is 1.35 bits per heavy atom. The highest BCUT2D eigenvalue weighted by Gasteiger charge is 2.53. The fourth-order valence-corrected chi connectivity index (χ4v) is 2.81. The Labute approximate surface area is 149 Å². The second-order valence-electron chi connectivity index (χ2n) is 6.26. The Hall–Kier alpha value is -2.30. The van der Waals surface area contributed by atoms with Crippen molar-refractivity contribution in [2.24, 2.45) is 0 Å². The Balaban J connectivity index is 1.69. The maximum absolute atomic E-state index is 12.3. The smallest absolute Gasteiger partial charge is 0.351 e. The van der Waals surface area contributed by atoms with E-state index in [2.05, 4.69) is 10.5 Å². The minimum Gasteiger partial charge on any atom is -0.394 e. The normalized spacial score (nSPS) is 28.2. The topological polar surface area (TPSA) is 126 Å². The maximum atomic E-state index is 12.3. The van der Waals surface area contributed by atoms with Gasteiger partial charge in [0.2, 0.25) is 0 Å². The Morgan fingerprint density at radius 2 is 2.08 bits per heavy atom. The molecule has 140 valence electrons. The minimum absolute atomic E-state index is 0.194. The summed E-state index contributed by atoms with van der Waals surface area (Å²) in [5.74, 6) is 0.194. The van der Waals surface area contributed by atoms with Gasteiger partial charge in [0.05, 0.1) is 13.2 Å². The largest absolute Gasteiger partial charge is 0.394 e. The van der Waals surface area contributed by atoms with Gasteiger partial charge in [0.15, 0.2) is 12.0 Å². The molecule has 4 atom stereocenters. The predicted molar refractivity (Wildman–Crippen MR) is 91.0 cm³/mol. The summed E-state index contributed by atoms with van der Waals surface area (Å²) in [6.45, 7) is 1.14. The first-order valence-corrected chi connectivity index (χ1v) is 8.11. The molecule has 4 N–H and O–H groups in total. The van der Waals surface area contributed by atoms with Crippen LogP contribution in [-0.2, 0) is 16.2 Å². The summed E-state index contributed by atoms with van der Waals surface area (Å²) in [7, 11) is 0. The Bertz CT molecular complexity index is 795. The first kappa shape index (κ1) is 18.5. The van der Waals surface area contributed by atoms with Crippen LogP contribution in [0.25, 0.3) is 0 Å². The lowest BCUT2D eigenvalue weighted by molar-refractivity contribution is -0.0987. The highest BCUT2D eigenvalue weighted by Crippen LogP contribution is 2.37. The summed E-state index contributed by atoms with van der Waals surface area (Å²) in [4.78, 5) is 21.4. The van der Waals surface area contributed by atoms with E-state index in [0.717, 1.165) is 10.1 Å². The van der Waals surface area contributed by atoms with E-state index in [9.17, 15) is 20.1 Å². The molecule has 1 aliphatic rings. The zero-order chi connectivity index (χ0) is 18.7. The van der Waals surface area contributed by atoms with Crippen LogP contribution in [-0.4, -0.2) is 49.3 Å². The number of nitrogens with zero attached hydrogens (tertiary/aromatic N) is 2. The first-order chi connectivity index (χ1) is 12.4. The molecule has 1 fully saturated rings. The third-order valence-electron chi connectivity index (χ3n) is 4.28. The fourth-order valence-electron chi connectivity index (χ4n) is 2.81. The molecule has 1 aromatic carbocycles. The zero-order valence-corrected chi connectivity index (χ0v) is 14.1. The number of aromatic nitrogens is 2. The molecule has 2 aromatic rings. The van der Waals surface area contributed by atoms with Crippen molar-refractivity contribution >= 4 is 5.82 Å². The number of rotatable bonds is 6. The summed E-state index contributed by atoms with van der Waals surface area (Å²) < 4.78 is 6.46. The number of anilines is 1. The van der Waals surface area contributed by atoms with Gasteiger partial charge in [-0.25, -0.2) is 10.3 Å². The average Bonchev–Trinajstić information content (AvgIpc) is 2.86. The van der Waals surface area contributed by atoms with E-state index in [1.807, 2.05) is 30.3 Å². The van der Waals surface area contributed by atoms with E-state index < -0.39 is 36.3 Å². The number of aliphatic hydroxyl groups is 3. The summed E-state index contributed by atoms with van der Waals surface area (Å²) in [5.41, 5.74) is 1.08. The van der Waals surface area contributed by atoms with Crippen LogP contribution in [0.15, 0.2) is 47.4 Å². The van der Waals surface area contributed by atoms with Gasteiger partial charge in [0.1, 0.15) is 17.8 Å². The molecule has 1 aliphatic heterocycles. The molecule has 0 saturated carbocycles. The van der Waals surface area contributed by atoms with Gasteiger partial charge in [-0.15, -0.1) is 0 Å². The summed E-state index contributed by atoms with van der Waals surface area (Å²) in [6, 6.07) is 10.9. The molecule has 9 heteroatoms. The van der Waals surface area contributed by atoms with Crippen molar-refractivity contribution in [2.45, 2.75) is 37.6 Å². The van der Waals surface area contributed by atoms with Gasteiger partial charge in [0.25, 0.3) is 0 Å². The third kappa shape index (κ3) is 3.62. The van der Waals surface area contributed by atoms with Gasteiger partial charge in [-0.3, -0.25) is 9.40 Å². The maximum Gasteiger partial charge on any atom is 0.351 e. The van der Waals surface area contributed by atoms with Crippen LogP contribution in [0, 0.1) is 0 Å². The number of nitrogens with one attached hydrogen (secondary N) is 1. The van der Waals surface area contributed by atoms with Gasteiger partial charge in [-0.1, -0.05) is 30.3 Å². The molecule has 2 heterocycles. The lowest BCUT2D eigenvalue weighted by Crippen LogP contribution is -2.46. The molecule has 3 rings (SSSR count). The van der Waals surface area contributed by atoms with Crippen LogP contribution >= 0.6 is 0 Å². The first-order valence-electron chi connectivity index (χ1n) is 8.11. The van der Waals surface area contributed by atoms with Crippen molar-refractivity contribution in [1.29, 1.82) is 0 Å². The molecule has 0 aliphatic carbocycles. The molecule has 0 amide bonds. The van der Waals surface area contributed by atoms with Crippen LogP contribution < -0.4 is 11.2 Å². The minimum atomic E-state index is -1.75. The second kappa shape index (κ2) is 7.52. The number of hydrogen-bond donors (Lipinski definition) is 4. The molecule has 1 saturated heterocycles. The standard InChI is InChI=1S/C17H21N3O6/c1-17(24)14(22)12(9-21)26-15(17)20-8-7-13(18-16(20)23)19-25-10-11-5-3-2-4-6-11/h2-8,12,14-15,21-22,24H,9-10H2,1H3,(H,18,19,23). The van der Waals surface area contributed by atoms with E-state index >= 15 is 0 Å². The molecule has 0 bridgehead atoms. The van der Waals surface area contributed by atoms with Crippen molar-refractivity contribution in [2.75, 3.05) is 12.1 Å². The molecule has 26 heavy (non-hydrogen) atoms. The van der Waals surface area contributed by atoms with Crippen LogP contribution in [0.1, 0.15) is 18.7 Å². The van der Waals surface area contributed by atoms with E-state index in [1.165, 1.54) is 19.2 Å². The SMILES string of the molecule is CC1(O)C(O)C(CO)OC1n1ccc(NOCc2ccccc2)nc1=O. The van der Waals surface area contributed by atoms with E-state index in [0.29, 0.717) is 0 Å². The van der Waals surface area contributed by atoms with Gasteiger partial charge < -0.3 is 20.1 Å². The van der Waals surface area contributed by atoms with E-state index in [1.54, 1.807) is 0 Å². The number of aliphatic hydroxyl groups excluding tert-OH is 2. The average molecular weight is 363 g/mol. The molecule has 4 unspecified atom stereocenters. The quantitative estimate of drug-likeness (QED) is 0.520. The van der Waals surface area contributed by atoms with Crippen molar-refractivity contribution < 1.29 is 24.9 Å². The Morgan fingerprint density at radius 3 is 2.69 bits per heavy atom. The highest BCUT2D eigenvalue weighted by atomic mass is 16.6. The predicted octanol–water partition coefficient (Wildman–Crippen LogP) is -0.211. The molecule has 1 aromatic heterocycles. The Kier molecular flexibility index (Phi) is 5.35. The van der Waals surface area contributed by atoms with Gasteiger partial charge in [-0.2, -0.15) is 4.98 Å². The van der Waals surface area contributed by atoms with Crippen LogP contribution in [0.2, 0.25) is 0 Å². The zero-order valence-electron chi connectivity index (χ0n) is 14.1. The summed E-state index contributed by atoms with van der Waals surface area (Å²) in [5, 5.41) is 29.7. The van der Waals surface area contributed by atoms with Gasteiger partial charge >= 0.3 is 5.69 Å². The van der Waals surface area contributed by atoms with Crippen LogP contribution in [0.5, 0.6) is 0 Å². The number of hydrogen-bond acceptors (Lipinski definition) is 8. The molecule has 9 nitrogen and oxygen atoms in total. The van der Waals surface area contributed by atoms with E-state index in [-0.39, 0.29) is 12.4 Å². The lowest BCUT2D eigenvalue weighted by Gasteiger charge is -2.27. The van der Waals surface area contributed by atoms with Crippen LogP contribution in [0.3, 0.4) is 0 Å².